The fourth-order valence-corrected chi connectivity index (χ4v) is 4.18. The predicted octanol–water partition coefficient (Wildman–Crippen LogP) is 0.287. The van der Waals surface area contributed by atoms with Gasteiger partial charge in [0.15, 0.2) is 0 Å². The monoisotopic (exact) mass is 394 g/mol. The van der Waals surface area contributed by atoms with Crippen molar-refractivity contribution in [2.24, 2.45) is 5.41 Å². The van der Waals surface area contributed by atoms with E-state index in [9.17, 15) is 19.2 Å². The molecule has 28 heavy (non-hydrogen) atoms. The molecule has 2 atom stereocenters. The summed E-state index contributed by atoms with van der Waals surface area (Å²) in [4.78, 5) is 51.0. The number of ether oxygens (including phenoxy) is 1. The number of likely N-dealkylation sites (N-methyl/N-ethyl adjacent to an activating group) is 1. The lowest BCUT2D eigenvalue weighted by Gasteiger charge is -2.27. The minimum atomic E-state index is -0.828. The molecule has 3 N–H and O–H groups in total. The normalized spacial score (nSPS) is 27.1. The largest absolute Gasteiger partial charge is 0.444 e. The van der Waals surface area contributed by atoms with Crippen LogP contribution >= 0.6 is 0 Å². The molecule has 9 heteroatoms. The number of amides is 4. The average molecular weight is 394 g/mol. The third-order valence-corrected chi connectivity index (χ3v) is 5.85. The molecule has 0 bridgehead atoms. The molecule has 1 saturated heterocycles. The van der Waals surface area contributed by atoms with Crippen LogP contribution < -0.4 is 16.0 Å². The summed E-state index contributed by atoms with van der Waals surface area (Å²) < 4.78 is 5.12. The van der Waals surface area contributed by atoms with E-state index in [0.717, 1.165) is 12.8 Å². The number of likely N-dealkylation sites (tertiary alicyclic amines) is 1. The second kappa shape index (κ2) is 6.93. The van der Waals surface area contributed by atoms with Crippen LogP contribution in [0.2, 0.25) is 0 Å². The molecule has 3 fully saturated rings. The predicted molar refractivity (Wildman–Crippen MR) is 100 cm³/mol. The highest BCUT2D eigenvalue weighted by Crippen LogP contribution is 2.73. The molecule has 1 heterocycles. The molecule has 0 aromatic carbocycles. The van der Waals surface area contributed by atoms with Crippen molar-refractivity contribution >= 4 is 23.8 Å². The summed E-state index contributed by atoms with van der Waals surface area (Å²) in [6.07, 6.45) is 3.11. The molecule has 0 radical (unpaired) electrons. The maximum Gasteiger partial charge on any atom is 0.408 e. The van der Waals surface area contributed by atoms with Gasteiger partial charge in [0.25, 0.3) is 0 Å². The molecule has 3 aliphatic rings. The van der Waals surface area contributed by atoms with E-state index in [1.807, 2.05) is 0 Å². The fraction of sp³-hybridized carbons (Fsp3) is 0.789. The van der Waals surface area contributed by atoms with E-state index in [4.69, 9.17) is 4.74 Å². The molecule has 9 nitrogen and oxygen atoms in total. The van der Waals surface area contributed by atoms with Gasteiger partial charge in [-0.1, -0.05) is 0 Å². The topological polar surface area (TPSA) is 117 Å². The molecule has 2 aliphatic carbocycles. The smallest absolute Gasteiger partial charge is 0.408 e. The van der Waals surface area contributed by atoms with Crippen molar-refractivity contribution in [2.75, 3.05) is 20.1 Å². The average Bonchev–Trinajstić information content (AvgIpc) is 3.44. The Balaban J connectivity index is 1.57. The van der Waals surface area contributed by atoms with Gasteiger partial charge in [0.1, 0.15) is 23.7 Å². The lowest BCUT2D eigenvalue weighted by Crippen LogP contribution is -2.56. The number of nitrogens with zero attached hydrogens (tertiary/aromatic N) is 1. The van der Waals surface area contributed by atoms with Gasteiger partial charge in [-0.05, 0) is 52.9 Å². The molecular weight excluding hydrogens is 364 g/mol. The zero-order valence-corrected chi connectivity index (χ0v) is 17.0. The van der Waals surface area contributed by atoms with Crippen LogP contribution in [-0.4, -0.2) is 66.0 Å². The maximum atomic E-state index is 12.9. The molecule has 0 aromatic heterocycles. The zero-order valence-electron chi connectivity index (χ0n) is 17.0. The Labute approximate surface area is 164 Å². The third kappa shape index (κ3) is 3.79. The summed E-state index contributed by atoms with van der Waals surface area (Å²) in [6, 6.07) is -0.620. The zero-order chi connectivity index (χ0) is 20.7. The Hall–Kier alpha value is -2.32. The maximum absolute atomic E-state index is 12.9. The summed E-state index contributed by atoms with van der Waals surface area (Å²) in [5.74, 6) is -0.800. The van der Waals surface area contributed by atoms with E-state index >= 15 is 0 Å². The van der Waals surface area contributed by atoms with E-state index in [2.05, 4.69) is 16.0 Å². The van der Waals surface area contributed by atoms with Crippen LogP contribution in [0, 0.1) is 5.41 Å². The lowest BCUT2D eigenvalue weighted by atomic mass is 10.1. The highest BCUT2D eigenvalue weighted by atomic mass is 16.6. The minimum Gasteiger partial charge on any atom is -0.444 e. The van der Waals surface area contributed by atoms with Gasteiger partial charge in [0.05, 0.1) is 0 Å². The van der Waals surface area contributed by atoms with Crippen LogP contribution in [0.3, 0.4) is 0 Å². The van der Waals surface area contributed by atoms with E-state index in [1.165, 1.54) is 4.90 Å². The van der Waals surface area contributed by atoms with Crippen LogP contribution in [0.5, 0.6) is 0 Å². The van der Waals surface area contributed by atoms with Crippen molar-refractivity contribution in [3.63, 3.8) is 0 Å². The molecule has 1 spiro atoms. The van der Waals surface area contributed by atoms with Gasteiger partial charge in [0.2, 0.25) is 17.7 Å². The first-order chi connectivity index (χ1) is 13.0. The number of nitrogens with one attached hydrogen (secondary N) is 3. The second-order valence-corrected chi connectivity index (χ2v) is 9.03. The molecule has 4 amide bonds. The number of carbonyl (C=O) groups is 4. The van der Waals surface area contributed by atoms with Crippen LogP contribution in [0.25, 0.3) is 0 Å². The van der Waals surface area contributed by atoms with Gasteiger partial charge in [-0.2, -0.15) is 0 Å². The second-order valence-electron chi connectivity index (χ2n) is 9.03. The van der Waals surface area contributed by atoms with Crippen LogP contribution in [-0.2, 0) is 19.1 Å². The molecule has 1 unspecified atom stereocenters. The molecular formula is C19H30N4O5. The summed E-state index contributed by atoms with van der Waals surface area (Å²) in [7, 11) is 1.57. The van der Waals surface area contributed by atoms with Crippen molar-refractivity contribution in [3.8, 4) is 0 Å². The van der Waals surface area contributed by atoms with Gasteiger partial charge in [-0.3, -0.25) is 14.4 Å². The first-order valence-corrected chi connectivity index (χ1v) is 9.84. The number of hydrogen-bond donors (Lipinski definition) is 3. The summed E-state index contributed by atoms with van der Waals surface area (Å²) in [6.45, 7) is 5.43. The van der Waals surface area contributed by atoms with Gasteiger partial charge in [-0.25, -0.2) is 4.79 Å². The molecule has 156 valence electrons. The lowest BCUT2D eigenvalue weighted by molar-refractivity contribution is -0.139. The Kier molecular flexibility index (Phi) is 5.05. The van der Waals surface area contributed by atoms with Gasteiger partial charge in [0, 0.05) is 19.0 Å². The van der Waals surface area contributed by atoms with Crippen molar-refractivity contribution < 1.29 is 23.9 Å². The number of hydrogen-bond acceptors (Lipinski definition) is 5. The first kappa shape index (κ1) is 20.4. The SMILES string of the molecule is CNC(=O)C1(NC(=O)[C@@H]2CCCN2C(=O)CNC(=O)OC(C)(C)C)CC12CC2. The van der Waals surface area contributed by atoms with Crippen LogP contribution in [0.15, 0.2) is 0 Å². The Morgan fingerprint density at radius 1 is 1.18 bits per heavy atom. The Bertz CT molecular complexity index is 697. The van der Waals surface area contributed by atoms with E-state index < -0.39 is 23.3 Å². The molecule has 2 saturated carbocycles. The third-order valence-electron chi connectivity index (χ3n) is 5.85. The summed E-state index contributed by atoms with van der Waals surface area (Å²) in [5.41, 5.74) is -1.57. The Morgan fingerprint density at radius 2 is 1.86 bits per heavy atom. The van der Waals surface area contributed by atoms with E-state index in [0.29, 0.717) is 25.8 Å². The first-order valence-electron chi connectivity index (χ1n) is 9.84. The van der Waals surface area contributed by atoms with Gasteiger partial charge >= 0.3 is 6.09 Å². The number of carbonyl (C=O) groups excluding carboxylic acids is 4. The standard InChI is InChI=1S/C19H30N4O5/c1-17(2,3)28-16(27)21-10-13(24)23-9-5-6-12(23)14(25)22-19(15(26)20-4)11-18(19)7-8-18/h12H,5-11H2,1-4H3,(H,20,26)(H,21,27)(H,22,25)/t12-,19?/m0/s1. The summed E-state index contributed by atoms with van der Waals surface area (Å²) >= 11 is 0. The highest BCUT2D eigenvalue weighted by Gasteiger charge is 2.78. The van der Waals surface area contributed by atoms with Crippen LogP contribution in [0.1, 0.15) is 52.9 Å². The highest BCUT2D eigenvalue weighted by molar-refractivity contribution is 5.98. The minimum absolute atomic E-state index is 0.0888. The van der Waals surface area contributed by atoms with Crippen molar-refractivity contribution in [1.29, 1.82) is 0 Å². The van der Waals surface area contributed by atoms with Crippen molar-refractivity contribution in [2.45, 2.75) is 70.1 Å². The Morgan fingerprint density at radius 3 is 2.39 bits per heavy atom. The quantitative estimate of drug-likeness (QED) is 0.620. The fourth-order valence-electron chi connectivity index (χ4n) is 4.18. The van der Waals surface area contributed by atoms with Gasteiger partial charge < -0.3 is 25.6 Å². The molecule has 1 aliphatic heterocycles. The van der Waals surface area contributed by atoms with Crippen molar-refractivity contribution in [1.82, 2.24) is 20.9 Å². The number of alkyl carbamates (subject to hydrolysis) is 1. The molecule has 3 rings (SSSR count). The van der Waals surface area contributed by atoms with E-state index in [1.54, 1.807) is 27.8 Å². The van der Waals surface area contributed by atoms with Crippen molar-refractivity contribution in [3.05, 3.63) is 0 Å². The van der Waals surface area contributed by atoms with Crippen LogP contribution in [0.4, 0.5) is 4.79 Å². The number of rotatable bonds is 5. The molecule has 0 aromatic rings. The van der Waals surface area contributed by atoms with E-state index in [-0.39, 0.29) is 29.7 Å². The van der Waals surface area contributed by atoms with Gasteiger partial charge in [-0.15, -0.1) is 0 Å². The summed E-state index contributed by atoms with van der Waals surface area (Å²) in [5, 5.41) is 8.02.